The van der Waals surface area contributed by atoms with Gasteiger partial charge in [-0.05, 0) is 43.2 Å². The number of carboxylic acids is 1. The number of aryl methyl sites for hydroxylation is 2. The molecule has 2 aromatic rings. The number of fused-ring (bicyclic) bond motifs is 1. The van der Waals surface area contributed by atoms with Crippen LogP contribution in [0.3, 0.4) is 0 Å². The molecule has 1 amide bonds. The van der Waals surface area contributed by atoms with Crippen LogP contribution in [0.5, 0.6) is 11.5 Å². The fourth-order valence-corrected chi connectivity index (χ4v) is 2.97. The van der Waals surface area contributed by atoms with Crippen molar-refractivity contribution in [3.8, 4) is 11.5 Å². The number of amides is 1. The highest BCUT2D eigenvalue weighted by Crippen LogP contribution is 2.32. The van der Waals surface area contributed by atoms with Gasteiger partial charge in [0, 0.05) is 11.1 Å². The lowest BCUT2D eigenvalue weighted by atomic mass is 10.0. The third kappa shape index (κ3) is 3.57. The molecule has 2 aromatic carbocycles. The van der Waals surface area contributed by atoms with Crippen LogP contribution < -0.4 is 14.8 Å². The molecule has 0 spiro atoms. The zero-order valence-corrected chi connectivity index (χ0v) is 14.0. The maximum absolute atomic E-state index is 12.6. The van der Waals surface area contributed by atoms with Gasteiger partial charge in [0.2, 0.25) is 0 Å². The lowest BCUT2D eigenvalue weighted by Gasteiger charge is -2.15. The van der Waals surface area contributed by atoms with Gasteiger partial charge in [-0.15, -0.1) is 0 Å². The summed E-state index contributed by atoms with van der Waals surface area (Å²) in [6.45, 7) is 3.57. The van der Waals surface area contributed by atoms with Gasteiger partial charge in [0.1, 0.15) is 18.1 Å². The number of carbonyl (C=O) groups is 2. The first-order chi connectivity index (χ1) is 12.0. The van der Waals surface area contributed by atoms with Crippen LogP contribution in [0.25, 0.3) is 0 Å². The normalized spacial score (nSPS) is 15.2. The molecule has 0 saturated carbocycles. The fourth-order valence-electron chi connectivity index (χ4n) is 2.97. The predicted octanol–water partition coefficient (Wildman–Crippen LogP) is 2.63. The Kier molecular flexibility index (Phi) is 4.61. The summed E-state index contributed by atoms with van der Waals surface area (Å²) in [6.07, 6.45) is 0. The standard InChI is InChI=1S/C19H19NO5/c1-11-7-13(8-12(2)18(11)25-10-17(21)22)19(23)20-15-9-24-16-6-4-3-5-14(15)16/h3-8,15H,9-10H2,1-2H3,(H,20,23)(H,21,22). The number of nitrogens with one attached hydrogen (secondary N) is 1. The van der Waals surface area contributed by atoms with Crippen LogP contribution in [0.2, 0.25) is 0 Å². The quantitative estimate of drug-likeness (QED) is 0.873. The van der Waals surface area contributed by atoms with E-state index in [9.17, 15) is 9.59 Å². The molecule has 0 fully saturated rings. The lowest BCUT2D eigenvalue weighted by Crippen LogP contribution is -2.29. The minimum Gasteiger partial charge on any atom is -0.491 e. The van der Waals surface area contributed by atoms with E-state index in [4.69, 9.17) is 14.6 Å². The highest BCUT2D eigenvalue weighted by atomic mass is 16.5. The van der Waals surface area contributed by atoms with Crippen molar-refractivity contribution in [2.75, 3.05) is 13.2 Å². The summed E-state index contributed by atoms with van der Waals surface area (Å²) in [5, 5.41) is 11.7. The molecule has 0 aliphatic carbocycles. The van der Waals surface area contributed by atoms with Gasteiger partial charge in [-0.1, -0.05) is 18.2 Å². The van der Waals surface area contributed by atoms with Crippen molar-refractivity contribution in [1.29, 1.82) is 0 Å². The minimum absolute atomic E-state index is 0.188. The first-order valence-corrected chi connectivity index (χ1v) is 7.94. The van der Waals surface area contributed by atoms with E-state index in [0.717, 1.165) is 22.4 Å². The molecule has 6 heteroatoms. The maximum Gasteiger partial charge on any atom is 0.341 e. The monoisotopic (exact) mass is 341 g/mol. The van der Waals surface area contributed by atoms with Crippen molar-refractivity contribution in [3.05, 3.63) is 58.7 Å². The number of hydrogen-bond donors (Lipinski definition) is 2. The second kappa shape index (κ2) is 6.84. The summed E-state index contributed by atoms with van der Waals surface area (Å²) >= 11 is 0. The number of para-hydroxylation sites is 1. The van der Waals surface area contributed by atoms with Crippen molar-refractivity contribution in [2.45, 2.75) is 19.9 Å². The largest absolute Gasteiger partial charge is 0.491 e. The Bertz CT molecular complexity index is 807. The van der Waals surface area contributed by atoms with Crippen LogP contribution in [0, 0.1) is 13.8 Å². The number of aliphatic carboxylic acids is 1. The number of carbonyl (C=O) groups excluding carboxylic acids is 1. The van der Waals surface area contributed by atoms with Crippen LogP contribution in [-0.2, 0) is 4.79 Å². The van der Waals surface area contributed by atoms with Crippen LogP contribution in [-0.4, -0.2) is 30.2 Å². The van der Waals surface area contributed by atoms with Crippen molar-refractivity contribution in [2.24, 2.45) is 0 Å². The van der Waals surface area contributed by atoms with E-state index < -0.39 is 12.6 Å². The summed E-state index contributed by atoms with van der Waals surface area (Å²) in [5.41, 5.74) is 2.90. The molecule has 0 saturated heterocycles. The molecule has 0 aromatic heterocycles. The molecule has 0 bridgehead atoms. The summed E-state index contributed by atoms with van der Waals surface area (Å²) in [7, 11) is 0. The summed E-state index contributed by atoms with van der Waals surface area (Å²) in [5.74, 6) is 0.0351. The molecule has 130 valence electrons. The van der Waals surface area contributed by atoms with E-state index in [1.165, 1.54) is 0 Å². The van der Waals surface area contributed by atoms with Crippen LogP contribution in [0.4, 0.5) is 0 Å². The topological polar surface area (TPSA) is 84.9 Å². The first-order valence-electron chi connectivity index (χ1n) is 7.94. The van der Waals surface area contributed by atoms with Crippen LogP contribution in [0.1, 0.15) is 33.1 Å². The molecular weight excluding hydrogens is 322 g/mol. The zero-order valence-electron chi connectivity index (χ0n) is 14.0. The first kappa shape index (κ1) is 16.8. The number of benzene rings is 2. The van der Waals surface area contributed by atoms with E-state index in [0.29, 0.717) is 17.9 Å². The van der Waals surface area contributed by atoms with Crippen molar-refractivity contribution in [1.82, 2.24) is 5.32 Å². The van der Waals surface area contributed by atoms with E-state index in [1.807, 2.05) is 24.3 Å². The molecule has 3 rings (SSSR count). The van der Waals surface area contributed by atoms with Gasteiger partial charge in [-0.25, -0.2) is 4.79 Å². The highest BCUT2D eigenvalue weighted by molar-refractivity contribution is 5.95. The van der Waals surface area contributed by atoms with Crippen molar-refractivity contribution >= 4 is 11.9 Å². The molecule has 1 unspecified atom stereocenters. The fraction of sp³-hybridized carbons (Fsp3) is 0.263. The van der Waals surface area contributed by atoms with Gasteiger partial charge in [0.15, 0.2) is 6.61 Å². The second-order valence-electron chi connectivity index (χ2n) is 6.00. The third-order valence-electron chi connectivity index (χ3n) is 4.07. The van der Waals surface area contributed by atoms with Gasteiger partial charge in [-0.2, -0.15) is 0 Å². The maximum atomic E-state index is 12.6. The third-order valence-corrected chi connectivity index (χ3v) is 4.07. The average Bonchev–Trinajstić information content (AvgIpc) is 2.97. The van der Waals surface area contributed by atoms with Crippen molar-refractivity contribution in [3.63, 3.8) is 0 Å². The zero-order chi connectivity index (χ0) is 18.0. The Balaban J connectivity index is 1.76. The van der Waals surface area contributed by atoms with Gasteiger partial charge in [-0.3, -0.25) is 4.79 Å². The Hall–Kier alpha value is -3.02. The number of rotatable bonds is 5. The smallest absolute Gasteiger partial charge is 0.341 e. The SMILES string of the molecule is Cc1cc(C(=O)NC2COc3ccccc32)cc(C)c1OCC(=O)O. The lowest BCUT2D eigenvalue weighted by molar-refractivity contribution is -0.139. The molecular formula is C19H19NO5. The predicted molar refractivity (Wildman–Crippen MR) is 91.2 cm³/mol. The Morgan fingerprint density at radius 3 is 2.60 bits per heavy atom. The average molecular weight is 341 g/mol. The van der Waals surface area contributed by atoms with Gasteiger partial charge >= 0.3 is 5.97 Å². The van der Waals surface area contributed by atoms with Crippen LogP contribution >= 0.6 is 0 Å². The summed E-state index contributed by atoms with van der Waals surface area (Å²) in [6, 6.07) is 10.8. The summed E-state index contributed by atoms with van der Waals surface area (Å²) in [4.78, 5) is 23.3. The number of carboxylic acid groups (broad SMARTS) is 1. The molecule has 1 atom stereocenters. The van der Waals surface area contributed by atoms with E-state index in [2.05, 4.69) is 5.32 Å². The molecule has 1 heterocycles. The summed E-state index contributed by atoms with van der Waals surface area (Å²) < 4.78 is 10.9. The second-order valence-corrected chi connectivity index (χ2v) is 6.00. The highest BCUT2D eigenvalue weighted by Gasteiger charge is 2.25. The Labute approximate surface area is 145 Å². The number of ether oxygens (including phenoxy) is 2. The molecule has 6 nitrogen and oxygen atoms in total. The van der Waals surface area contributed by atoms with E-state index in [1.54, 1.807) is 26.0 Å². The molecule has 0 radical (unpaired) electrons. The van der Waals surface area contributed by atoms with Crippen LogP contribution in [0.15, 0.2) is 36.4 Å². The van der Waals surface area contributed by atoms with Crippen molar-refractivity contribution < 1.29 is 24.2 Å². The Morgan fingerprint density at radius 1 is 1.24 bits per heavy atom. The molecule has 25 heavy (non-hydrogen) atoms. The molecule has 1 aliphatic rings. The van der Waals surface area contributed by atoms with E-state index in [-0.39, 0.29) is 11.9 Å². The number of hydrogen-bond acceptors (Lipinski definition) is 4. The van der Waals surface area contributed by atoms with Gasteiger partial charge < -0.3 is 19.9 Å². The molecule has 2 N–H and O–H groups in total. The van der Waals surface area contributed by atoms with Gasteiger partial charge in [0.05, 0.1) is 6.04 Å². The molecule has 1 aliphatic heterocycles. The van der Waals surface area contributed by atoms with Gasteiger partial charge in [0.25, 0.3) is 5.91 Å². The Morgan fingerprint density at radius 2 is 1.92 bits per heavy atom. The van der Waals surface area contributed by atoms with E-state index >= 15 is 0 Å². The minimum atomic E-state index is -1.04.